The van der Waals surface area contributed by atoms with Gasteiger partial charge in [-0.25, -0.2) is 0 Å². The number of aliphatic hydroxyl groups is 4. The van der Waals surface area contributed by atoms with Crippen molar-refractivity contribution in [3.8, 4) is 0 Å². The molecule has 6 N–H and O–H groups in total. The van der Waals surface area contributed by atoms with E-state index in [0.29, 0.717) is 18.0 Å². The monoisotopic (exact) mass is 424 g/mol. The van der Waals surface area contributed by atoms with Gasteiger partial charge in [0.25, 0.3) is 0 Å². The van der Waals surface area contributed by atoms with Crippen LogP contribution in [0.4, 0.5) is 5.69 Å². The Bertz CT molecular complexity index is 1070. The van der Waals surface area contributed by atoms with E-state index >= 15 is 0 Å². The number of rotatable bonds is 5. The van der Waals surface area contributed by atoms with Crippen LogP contribution < -0.4 is 5.73 Å². The van der Waals surface area contributed by atoms with Crippen molar-refractivity contribution in [1.82, 2.24) is 4.57 Å². The summed E-state index contributed by atoms with van der Waals surface area (Å²) in [6, 6.07) is 14.2. The Labute approximate surface area is 180 Å². The number of aromatic nitrogens is 1. The summed E-state index contributed by atoms with van der Waals surface area (Å²) in [6.45, 7) is -0.469. The van der Waals surface area contributed by atoms with Crippen LogP contribution in [0.5, 0.6) is 0 Å². The van der Waals surface area contributed by atoms with Gasteiger partial charge < -0.3 is 35.5 Å². The fraction of sp³-hybridized carbons (Fsp3) is 0.417. The molecule has 3 unspecified atom stereocenters. The summed E-state index contributed by atoms with van der Waals surface area (Å²) >= 11 is 0. The molecule has 1 saturated carbocycles. The first-order valence-corrected chi connectivity index (χ1v) is 10.7. The Morgan fingerprint density at radius 1 is 0.968 bits per heavy atom. The van der Waals surface area contributed by atoms with Crippen molar-refractivity contribution >= 4 is 16.6 Å². The number of hydrogen-bond acceptors (Lipinski definition) is 6. The molecular weight excluding hydrogens is 396 g/mol. The van der Waals surface area contributed by atoms with E-state index in [0.717, 1.165) is 22.0 Å². The second-order valence-corrected chi connectivity index (χ2v) is 8.72. The van der Waals surface area contributed by atoms with Crippen LogP contribution in [0, 0.1) is 0 Å². The molecule has 5 atom stereocenters. The summed E-state index contributed by atoms with van der Waals surface area (Å²) in [4.78, 5) is 0. The highest BCUT2D eigenvalue weighted by Gasteiger charge is 2.44. The van der Waals surface area contributed by atoms with E-state index in [2.05, 4.69) is 24.3 Å². The van der Waals surface area contributed by atoms with Crippen LogP contribution in [0.3, 0.4) is 0 Å². The number of anilines is 1. The number of ether oxygens (including phenoxy) is 1. The van der Waals surface area contributed by atoms with Gasteiger partial charge in [0, 0.05) is 17.3 Å². The van der Waals surface area contributed by atoms with Crippen molar-refractivity contribution in [2.75, 3.05) is 12.3 Å². The van der Waals surface area contributed by atoms with Crippen molar-refractivity contribution in [1.29, 1.82) is 0 Å². The van der Waals surface area contributed by atoms with E-state index in [4.69, 9.17) is 10.5 Å². The first kappa shape index (κ1) is 20.5. The Balaban J connectivity index is 1.53. The third-order valence-electron chi connectivity index (χ3n) is 6.53. The molecule has 0 spiro atoms. The summed E-state index contributed by atoms with van der Waals surface area (Å²) in [5.74, 6) is 0.706. The number of hydrogen-bond donors (Lipinski definition) is 5. The van der Waals surface area contributed by atoms with E-state index in [1.165, 1.54) is 18.4 Å². The molecule has 3 aromatic rings. The first-order chi connectivity index (χ1) is 15.0. The molecule has 1 saturated heterocycles. The van der Waals surface area contributed by atoms with Gasteiger partial charge in [-0.1, -0.05) is 30.3 Å². The zero-order valence-corrected chi connectivity index (χ0v) is 17.1. The fourth-order valence-corrected chi connectivity index (χ4v) is 4.63. The summed E-state index contributed by atoms with van der Waals surface area (Å²) in [5, 5.41) is 41.4. The quantitative estimate of drug-likeness (QED) is 0.397. The van der Waals surface area contributed by atoms with Crippen LogP contribution >= 0.6 is 0 Å². The van der Waals surface area contributed by atoms with Crippen molar-refractivity contribution in [2.24, 2.45) is 0 Å². The lowest BCUT2D eigenvalue weighted by molar-refractivity contribution is -0.250. The highest BCUT2D eigenvalue weighted by molar-refractivity contribution is 5.94. The molecule has 31 heavy (non-hydrogen) atoms. The average Bonchev–Trinajstić information content (AvgIpc) is 3.56. The molecule has 7 nitrogen and oxygen atoms in total. The lowest BCUT2D eigenvalue weighted by Gasteiger charge is -2.40. The molecule has 1 aromatic heterocycles. The molecule has 1 aliphatic heterocycles. The zero-order valence-electron chi connectivity index (χ0n) is 17.1. The highest BCUT2D eigenvalue weighted by Crippen LogP contribution is 2.40. The van der Waals surface area contributed by atoms with Crippen LogP contribution in [0.15, 0.2) is 48.7 Å². The van der Waals surface area contributed by atoms with Crippen LogP contribution in [0.2, 0.25) is 0 Å². The second-order valence-electron chi connectivity index (χ2n) is 8.72. The van der Waals surface area contributed by atoms with Gasteiger partial charge in [-0.15, -0.1) is 0 Å². The molecule has 0 radical (unpaired) electrons. The number of aliphatic hydroxyl groups excluding tert-OH is 4. The molecule has 7 heteroatoms. The number of nitrogens with zero attached hydrogens (tertiary/aromatic N) is 1. The van der Waals surface area contributed by atoms with Crippen LogP contribution in [-0.4, -0.2) is 56.0 Å². The molecule has 2 fully saturated rings. The Kier molecular flexibility index (Phi) is 5.24. The van der Waals surface area contributed by atoms with Gasteiger partial charge in [0.15, 0.2) is 6.23 Å². The van der Waals surface area contributed by atoms with E-state index in [1.54, 1.807) is 4.57 Å². The van der Waals surface area contributed by atoms with Crippen molar-refractivity contribution in [3.05, 3.63) is 65.4 Å². The Morgan fingerprint density at radius 3 is 2.39 bits per heavy atom. The molecular formula is C24H28N2O5. The Hall–Kier alpha value is -2.42. The van der Waals surface area contributed by atoms with Crippen molar-refractivity contribution in [2.45, 2.75) is 55.8 Å². The van der Waals surface area contributed by atoms with Crippen LogP contribution in [-0.2, 0) is 11.2 Å². The summed E-state index contributed by atoms with van der Waals surface area (Å²) < 4.78 is 7.53. The molecule has 164 valence electrons. The molecule has 0 amide bonds. The minimum absolute atomic E-state index is 0.469. The summed E-state index contributed by atoms with van der Waals surface area (Å²) in [5.41, 5.74) is 11.2. The summed E-state index contributed by atoms with van der Waals surface area (Å²) in [7, 11) is 0. The molecule has 5 rings (SSSR count). The minimum atomic E-state index is -1.44. The third kappa shape index (κ3) is 3.62. The van der Waals surface area contributed by atoms with Crippen molar-refractivity contribution in [3.63, 3.8) is 0 Å². The second kappa shape index (κ2) is 7.93. The summed E-state index contributed by atoms with van der Waals surface area (Å²) in [6.07, 6.45) is -1.07. The maximum Gasteiger partial charge on any atom is 0.163 e. The molecule has 2 aliphatic rings. The highest BCUT2D eigenvalue weighted by atomic mass is 16.6. The van der Waals surface area contributed by atoms with Gasteiger partial charge in [0.05, 0.1) is 12.1 Å². The molecule has 0 bridgehead atoms. The predicted octanol–water partition coefficient (Wildman–Crippen LogP) is 1.66. The Morgan fingerprint density at radius 2 is 1.71 bits per heavy atom. The zero-order chi connectivity index (χ0) is 21.7. The van der Waals surface area contributed by atoms with Gasteiger partial charge >= 0.3 is 0 Å². The van der Waals surface area contributed by atoms with Gasteiger partial charge in [-0.05, 0) is 54.0 Å². The standard InChI is InChI=1S/C24H28N2O5/c25-17-2-1-3-18-20(17)16(10-13-4-6-14(7-5-13)15-8-9-15)11-26(18)24-23(30)22(29)21(28)19(12-27)31-24/h1-7,11,15,19,21-24,27-30H,8-10,12,25H2/t19?,21-,22?,23-,24?/m1/s1. The largest absolute Gasteiger partial charge is 0.398 e. The first-order valence-electron chi connectivity index (χ1n) is 10.7. The van der Waals surface area contributed by atoms with Gasteiger partial charge in [-0.2, -0.15) is 0 Å². The topological polar surface area (TPSA) is 121 Å². The van der Waals surface area contributed by atoms with E-state index in [9.17, 15) is 20.4 Å². The molecule has 2 aromatic carbocycles. The van der Waals surface area contributed by atoms with Gasteiger partial charge in [0.1, 0.15) is 24.4 Å². The molecule has 1 aliphatic carbocycles. The van der Waals surface area contributed by atoms with Crippen LogP contribution in [0.25, 0.3) is 10.9 Å². The number of nitrogens with two attached hydrogens (primary N) is 1. The number of benzene rings is 2. The molecule has 2 heterocycles. The van der Waals surface area contributed by atoms with Gasteiger partial charge in [-0.3, -0.25) is 0 Å². The van der Waals surface area contributed by atoms with E-state index < -0.39 is 37.3 Å². The predicted molar refractivity (Wildman–Crippen MR) is 117 cm³/mol. The maximum absolute atomic E-state index is 10.6. The van der Waals surface area contributed by atoms with E-state index in [-0.39, 0.29) is 0 Å². The average molecular weight is 424 g/mol. The lowest BCUT2D eigenvalue weighted by Crippen LogP contribution is -2.56. The minimum Gasteiger partial charge on any atom is -0.398 e. The number of nitrogen functional groups attached to an aromatic ring is 1. The normalized spacial score (nSPS) is 28.8. The smallest absolute Gasteiger partial charge is 0.163 e. The number of fused-ring (bicyclic) bond motifs is 1. The van der Waals surface area contributed by atoms with Gasteiger partial charge in [0.2, 0.25) is 0 Å². The lowest BCUT2D eigenvalue weighted by atomic mass is 9.98. The van der Waals surface area contributed by atoms with Crippen molar-refractivity contribution < 1.29 is 25.2 Å². The maximum atomic E-state index is 10.6. The van der Waals surface area contributed by atoms with E-state index in [1.807, 2.05) is 24.4 Å². The third-order valence-corrected chi connectivity index (χ3v) is 6.53. The SMILES string of the molecule is Nc1cccc2c1c(Cc1ccc(C3CC3)cc1)cn2C1OC(CO)[C@@H](O)C(O)[C@H]1O. The van der Waals surface area contributed by atoms with Crippen LogP contribution in [0.1, 0.15) is 41.7 Å². The fourth-order valence-electron chi connectivity index (χ4n) is 4.63.